The van der Waals surface area contributed by atoms with Crippen LogP contribution in [0.4, 0.5) is 0 Å². The Labute approximate surface area is 115 Å². The van der Waals surface area contributed by atoms with Gasteiger partial charge in [-0.15, -0.1) is 0 Å². The van der Waals surface area contributed by atoms with Gasteiger partial charge in [0.05, 0.1) is 7.11 Å². The molecule has 112 valence electrons. The molecule has 0 radical (unpaired) electrons. The highest BCUT2D eigenvalue weighted by Crippen LogP contribution is 2.16. The lowest BCUT2D eigenvalue weighted by Crippen LogP contribution is -2.46. The van der Waals surface area contributed by atoms with E-state index in [0.29, 0.717) is 26.1 Å². The van der Waals surface area contributed by atoms with E-state index in [2.05, 4.69) is 4.74 Å². The smallest absolute Gasteiger partial charge is 0.321 e. The molecule has 7 heteroatoms. The molecular weight excluding hydrogens is 268 g/mol. The maximum absolute atomic E-state index is 12.5. The second-order valence-corrected chi connectivity index (χ2v) is 6.66. The molecule has 1 heterocycles. The third-order valence-electron chi connectivity index (χ3n) is 3.22. The SMILES string of the molecule is CCCN(CC(=O)OC)S(=O)(=O)N1CCCCCC1. The lowest BCUT2D eigenvalue weighted by Gasteiger charge is -2.28. The van der Waals surface area contributed by atoms with E-state index in [1.807, 2.05) is 6.92 Å². The molecule has 0 amide bonds. The Hall–Kier alpha value is -0.660. The molecule has 0 N–H and O–H groups in total. The zero-order valence-corrected chi connectivity index (χ0v) is 12.6. The molecule has 0 aromatic carbocycles. The molecular formula is C12H24N2O4S. The quantitative estimate of drug-likeness (QED) is 0.685. The number of hydrogen-bond donors (Lipinski definition) is 0. The first kappa shape index (κ1) is 16.4. The van der Waals surface area contributed by atoms with Gasteiger partial charge in [-0.3, -0.25) is 4.79 Å². The summed E-state index contributed by atoms with van der Waals surface area (Å²) in [6, 6.07) is 0. The first-order valence-electron chi connectivity index (χ1n) is 6.84. The van der Waals surface area contributed by atoms with E-state index >= 15 is 0 Å². The van der Waals surface area contributed by atoms with Crippen LogP contribution in [-0.4, -0.2) is 56.3 Å². The van der Waals surface area contributed by atoms with E-state index in [4.69, 9.17) is 0 Å². The Balaban J connectivity index is 2.81. The molecule has 0 atom stereocenters. The highest BCUT2D eigenvalue weighted by atomic mass is 32.2. The monoisotopic (exact) mass is 292 g/mol. The number of hydrogen-bond acceptors (Lipinski definition) is 4. The van der Waals surface area contributed by atoms with Gasteiger partial charge in [0, 0.05) is 19.6 Å². The average molecular weight is 292 g/mol. The van der Waals surface area contributed by atoms with Crippen molar-refractivity contribution in [2.24, 2.45) is 0 Å². The summed E-state index contributed by atoms with van der Waals surface area (Å²) in [5, 5.41) is 0. The summed E-state index contributed by atoms with van der Waals surface area (Å²) < 4.78 is 32.3. The van der Waals surface area contributed by atoms with Gasteiger partial charge >= 0.3 is 5.97 Å². The van der Waals surface area contributed by atoms with Crippen molar-refractivity contribution >= 4 is 16.2 Å². The van der Waals surface area contributed by atoms with Crippen LogP contribution in [0, 0.1) is 0 Å². The Morgan fingerprint density at radius 3 is 2.26 bits per heavy atom. The van der Waals surface area contributed by atoms with E-state index in [-0.39, 0.29) is 6.54 Å². The van der Waals surface area contributed by atoms with Crippen molar-refractivity contribution in [3.05, 3.63) is 0 Å². The number of carbonyl (C=O) groups excluding carboxylic acids is 1. The Morgan fingerprint density at radius 2 is 1.79 bits per heavy atom. The molecule has 1 aliphatic rings. The molecule has 1 aliphatic heterocycles. The van der Waals surface area contributed by atoms with Gasteiger partial charge < -0.3 is 4.74 Å². The summed E-state index contributed by atoms with van der Waals surface area (Å²) in [5.41, 5.74) is 0. The number of nitrogens with zero attached hydrogens (tertiary/aromatic N) is 2. The van der Waals surface area contributed by atoms with Gasteiger partial charge in [0.15, 0.2) is 0 Å². The first-order chi connectivity index (χ1) is 9.02. The van der Waals surface area contributed by atoms with Crippen molar-refractivity contribution < 1.29 is 17.9 Å². The lowest BCUT2D eigenvalue weighted by atomic mass is 10.2. The number of methoxy groups -OCH3 is 1. The van der Waals surface area contributed by atoms with Crippen molar-refractivity contribution in [3.8, 4) is 0 Å². The lowest BCUT2D eigenvalue weighted by molar-refractivity contribution is -0.140. The predicted molar refractivity (Wildman–Crippen MR) is 72.8 cm³/mol. The summed E-state index contributed by atoms with van der Waals surface area (Å²) in [7, 11) is -2.28. The predicted octanol–water partition coefficient (Wildman–Crippen LogP) is 0.992. The molecule has 1 rings (SSSR count). The zero-order chi connectivity index (χ0) is 14.3. The van der Waals surface area contributed by atoms with Crippen LogP contribution in [0.2, 0.25) is 0 Å². The van der Waals surface area contributed by atoms with Crippen molar-refractivity contribution in [1.29, 1.82) is 0 Å². The van der Waals surface area contributed by atoms with Crippen LogP contribution in [-0.2, 0) is 19.7 Å². The minimum Gasteiger partial charge on any atom is -0.468 e. The number of rotatable bonds is 6. The van der Waals surface area contributed by atoms with Gasteiger partial charge in [0.1, 0.15) is 6.54 Å². The van der Waals surface area contributed by atoms with Crippen LogP contribution in [0.5, 0.6) is 0 Å². The summed E-state index contributed by atoms with van der Waals surface area (Å²) >= 11 is 0. The highest BCUT2D eigenvalue weighted by Gasteiger charge is 2.31. The minimum absolute atomic E-state index is 0.205. The largest absolute Gasteiger partial charge is 0.468 e. The average Bonchev–Trinajstić information content (AvgIpc) is 2.67. The van der Waals surface area contributed by atoms with Crippen LogP contribution in [0.25, 0.3) is 0 Å². The summed E-state index contributed by atoms with van der Waals surface area (Å²) in [4.78, 5) is 11.3. The Kier molecular flexibility index (Phi) is 6.74. The van der Waals surface area contributed by atoms with Gasteiger partial charge in [-0.05, 0) is 19.3 Å². The second-order valence-electron chi connectivity index (χ2n) is 4.73. The first-order valence-corrected chi connectivity index (χ1v) is 8.24. The van der Waals surface area contributed by atoms with E-state index in [1.165, 1.54) is 15.7 Å². The maximum Gasteiger partial charge on any atom is 0.321 e. The summed E-state index contributed by atoms with van der Waals surface area (Å²) in [6.07, 6.45) is 4.58. The van der Waals surface area contributed by atoms with E-state index in [1.54, 1.807) is 0 Å². The fourth-order valence-corrected chi connectivity index (χ4v) is 3.90. The molecule has 0 aromatic rings. The highest BCUT2D eigenvalue weighted by molar-refractivity contribution is 7.86. The normalized spacial score (nSPS) is 18.3. The molecule has 19 heavy (non-hydrogen) atoms. The minimum atomic E-state index is -3.55. The topological polar surface area (TPSA) is 66.9 Å². The van der Waals surface area contributed by atoms with Gasteiger partial charge in [-0.25, -0.2) is 0 Å². The molecule has 0 aliphatic carbocycles. The number of carbonyl (C=O) groups is 1. The van der Waals surface area contributed by atoms with E-state index in [9.17, 15) is 13.2 Å². The Morgan fingerprint density at radius 1 is 1.21 bits per heavy atom. The van der Waals surface area contributed by atoms with Gasteiger partial charge in [-0.2, -0.15) is 17.0 Å². The standard InChI is InChI=1S/C12H24N2O4S/c1-3-8-14(11-12(15)18-2)19(16,17)13-9-6-4-5-7-10-13/h3-11H2,1-2H3. The van der Waals surface area contributed by atoms with Crippen LogP contribution in [0.15, 0.2) is 0 Å². The third-order valence-corrected chi connectivity index (χ3v) is 5.21. The zero-order valence-electron chi connectivity index (χ0n) is 11.8. The van der Waals surface area contributed by atoms with Crippen LogP contribution in [0.1, 0.15) is 39.0 Å². The molecule has 0 aromatic heterocycles. The number of esters is 1. The fraction of sp³-hybridized carbons (Fsp3) is 0.917. The van der Waals surface area contributed by atoms with Gasteiger partial charge in [0.2, 0.25) is 0 Å². The van der Waals surface area contributed by atoms with Gasteiger partial charge in [0.25, 0.3) is 10.2 Å². The van der Waals surface area contributed by atoms with Crippen LogP contribution in [0.3, 0.4) is 0 Å². The molecule has 0 saturated carbocycles. The molecule has 1 saturated heterocycles. The Bertz CT molecular complexity index is 375. The molecule has 6 nitrogen and oxygen atoms in total. The maximum atomic E-state index is 12.5. The van der Waals surface area contributed by atoms with Crippen LogP contribution < -0.4 is 0 Å². The summed E-state index contributed by atoms with van der Waals surface area (Å²) in [6.45, 7) is 3.12. The van der Waals surface area contributed by atoms with Crippen LogP contribution >= 0.6 is 0 Å². The summed E-state index contributed by atoms with van der Waals surface area (Å²) in [5.74, 6) is -0.521. The number of ether oxygens (including phenoxy) is 1. The molecule has 1 fully saturated rings. The van der Waals surface area contributed by atoms with Crippen molar-refractivity contribution in [1.82, 2.24) is 8.61 Å². The molecule has 0 unspecified atom stereocenters. The third kappa shape index (κ3) is 4.74. The molecule has 0 bridgehead atoms. The fourth-order valence-electron chi connectivity index (χ4n) is 2.17. The second kappa shape index (κ2) is 7.81. The van der Waals surface area contributed by atoms with E-state index < -0.39 is 16.2 Å². The van der Waals surface area contributed by atoms with Crippen molar-refractivity contribution in [2.75, 3.05) is 33.3 Å². The van der Waals surface area contributed by atoms with Gasteiger partial charge in [-0.1, -0.05) is 19.8 Å². The van der Waals surface area contributed by atoms with Crippen molar-refractivity contribution in [3.63, 3.8) is 0 Å². The van der Waals surface area contributed by atoms with E-state index in [0.717, 1.165) is 25.7 Å². The van der Waals surface area contributed by atoms with Crippen molar-refractivity contribution in [2.45, 2.75) is 39.0 Å². The molecule has 0 spiro atoms.